The second-order valence-electron chi connectivity index (χ2n) is 5.70. The Labute approximate surface area is 148 Å². The molecule has 6 nitrogen and oxygen atoms in total. The van der Waals surface area contributed by atoms with Crippen LogP contribution in [0.4, 0.5) is 10.2 Å². The van der Waals surface area contributed by atoms with Gasteiger partial charge in [0.15, 0.2) is 5.16 Å². The second-order valence-corrected chi connectivity index (χ2v) is 6.66. The first-order valence-corrected chi connectivity index (χ1v) is 8.78. The lowest BCUT2D eigenvalue weighted by atomic mass is 10.2. The Morgan fingerprint density at radius 1 is 1.32 bits per heavy atom. The molecular weight excluding hydrogens is 341 g/mol. The van der Waals surface area contributed by atoms with Gasteiger partial charge in [-0.05, 0) is 43.7 Å². The number of thioether (sulfide) groups is 1. The van der Waals surface area contributed by atoms with Gasteiger partial charge in [-0.2, -0.15) is 5.10 Å². The highest BCUT2D eigenvalue weighted by Crippen LogP contribution is 2.22. The number of anilines is 1. The van der Waals surface area contributed by atoms with Crippen molar-refractivity contribution in [2.75, 3.05) is 11.1 Å². The molecule has 3 aromatic rings. The zero-order valence-corrected chi connectivity index (χ0v) is 14.7. The quantitative estimate of drug-likeness (QED) is 0.658. The number of hydrogen-bond donors (Lipinski definition) is 2. The van der Waals surface area contributed by atoms with E-state index in [0.29, 0.717) is 11.0 Å². The van der Waals surface area contributed by atoms with Crippen molar-refractivity contribution in [3.8, 4) is 11.3 Å². The molecule has 0 fully saturated rings. The predicted octanol–water partition coefficient (Wildman–Crippen LogP) is 3.72. The molecule has 0 saturated carbocycles. The summed E-state index contributed by atoms with van der Waals surface area (Å²) >= 11 is 1.30. The van der Waals surface area contributed by atoms with Gasteiger partial charge in [0.1, 0.15) is 11.6 Å². The Hall–Kier alpha value is -2.61. The maximum Gasteiger partial charge on any atom is 0.235 e. The molecule has 0 unspecified atom stereocenters. The van der Waals surface area contributed by atoms with E-state index < -0.39 is 0 Å². The molecule has 2 heterocycles. The molecule has 0 bridgehead atoms. The van der Waals surface area contributed by atoms with Crippen LogP contribution in [-0.2, 0) is 4.79 Å². The highest BCUT2D eigenvalue weighted by atomic mass is 32.2. The van der Waals surface area contributed by atoms with Gasteiger partial charge in [0.2, 0.25) is 5.91 Å². The van der Waals surface area contributed by atoms with E-state index in [1.165, 1.54) is 23.9 Å². The zero-order chi connectivity index (χ0) is 17.8. The number of nitrogens with one attached hydrogen (secondary N) is 2. The van der Waals surface area contributed by atoms with Gasteiger partial charge in [0.05, 0.1) is 23.8 Å². The number of rotatable bonds is 6. The fraction of sp³-hybridized carbons (Fsp3) is 0.235. The van der Waals surface area contributed by atoms with Crippen LogP contribution in [-0.4, -0.2) is 31.4 Å². The van der Waals surface area contributed by atoms with Crippen molar-refractivity contribution in [2.45, 2.75) is 25.0 Å². The Balaban J connectivity index is 1.57. The summed E-state index contributed by atoms with van der Waals surface area (Å²) in [5.41, 5.74) is 1.62. The van der Waals surface area contributed by atoms with Crippen LogP contribution in [0.5, 0.6) is 0 Å². The number of nitrogens with zero attached hydrogens (tertiary/aromatic N) is 3. The molecule has 0 aliphatic carbocycles. The summed E-state index contributed by atoms with van der Waals surface area (Å²) in [6.45, 7) is 3.99. The Morgan fingerprint density at radius 3 is 2.80 bits per heavy atom. The van der Waals surface area contributed by atoms with Gasteiger partial charge >= 0.3 is 0 Å². The highest BCUT2D eigenvalue weighted by Gasteiger charge is 2.11. The third-order valence-electron chi connectivity index (χ3n) is 3.47. The summed E-state index contributed by atoms with van der Waals surface area (Å²) in [7, 11) is 0. The molecule has 130 valence electrons. The van der Waals surface area contributed by atoms with E-state index in [9.17, 15) is 9.18 Å². The van der Waals surface area contributed by atoms with Gasteiger partial charge in [0.25, 0.3) is 0 Å². The second kappa shape index (κ2) is 7.52. The van der Waals surface area contributed by atoms with Gasteiger partial charge in [-0.3, -0.25) is 4.79 Å². The molecule has 0 radical (unpaired) electrons. The minimum atomic E-state index is -0.282. The number of amides is 1. The van der Waals surface area contributed by atoms with Gasteiger partial charge < -0.3 is 10.3 Å². The van der Waals surface area contributed by atoms with Crippen LogP contribution < -0.4 is 5.32 Å². The van der Waals surface area contributed by atoms with Crippen LogP contribution in [0.2, 0.25) is 0 Å². The van der Waals surface area contributed by atoms with Crippen LogP contribution in [0, 0.1) is 5.82 Å². The van der Waals surface area contributed by atoms with Gasteiger partial charge in [-0.25, -0.2) is 14.1 Å². The van der Waals surface area contributed by atoms with Crippen molar-refractivity contribution in [3.63, 3.8) is 0 Å². The Bertz CT molecular complexity index is 856. The van der Waals surface area contributed by atoms with Crippen molar-refractivity contribution < 1.29 is 9.18 Å². The molecule has 0 aliphatic rings. The fourth-order valence-corrected chi connectivity index (χ4v) is 2.94. The minimum absolute atomic E-state index is 0.132. The topological polar surface area (TPSA) is 75.6 Å². The van der Waals surface area contributed by atoms with Gasteiger partial charge in [0, 0.05) is 12.1 Å². The van der Waals surface area contributed by atoms with Crippen LogP contribution in [0.25, 0.3) is 11.3 Å². The predicted molar refractivity (Wildman–Crippen MR) is 95.9 cm³/mol. The Morgan fingerprint density at radius 2 is 2.08 bits per heavy atom. The third-order valence-corrected chi connectivity index (χ3v) is 4.36. The Kier molecular flexibility index (Phi) is 5.18. The number of aromatic amines is 1. The summed E-state index contributed by atoms with van der Waals surface area (Å²) < 4.78 is 14.7. The van der Waals surface area contributed by atoms with Crippen molar-refractivity contribution >= 4 is 23.5 Å². The van der Waals surface area contributed by atoms with E-state index in [0.717, 1.165) is 11.3 Å². The van der Waals surface area contributed by atoms with Crippen molar-refractivity contribution in [1.29, 1.82) is 0 Å². The SMILES string of the molecule is CC(C)n1nccc1NC(=O)CSc1ncc(-c2ccc(F)cc2)[nH]1. The average Bonchev–Trinajstić information content (AvgIpc) is 3.23. The molecule has 0 atom stereocenters. The fourth-order valence-electron chi connectivity index (χ4n) is 2.29. The van der Waals surface area contributed by atoms with Crippen molar-refractivity contribution in [1.82, 2.24) is 19.7 Å². The molecule has 3 rings (SSSR count). The van der Waals surface area contributed by atoms with Crippen LogP contribution in [0.3, 0.4) is 0 Å². The van der Waals surface area contributed by atoms with Crippen LogP contribution >= 0.6 is 11.8 Å². The number of halogens is 1. The number of carbonyl (C=O) groups is 1. The highest BCUT2D eigenvalue weighted by molar-refractivity contribution is 7.99. The molecule has 2 N–H and O–H groups in total. The van der Waals surface area contributed by atoms with E-state index in [1.807, 2.05) is 13.8 Å². The number of carbonyl (C=O) groups excluding carboxylic acids is 1. The lowest BCUT2D eigenvalue weighted by Crippen LogP contribution is -2.18. The number of imidazole rings is 1. The van der Waals surface area contributed by atoms with E-state index in [-0.39, 0.29) is 23.5 Å². The lowest BCUT2D eigenvalue weighted by Gasteiger charge is -2.11. The van der Waals surface area contributed by atoms with Crippen LogP contribution in [0.1, 0.15) is 19.9 Å². The molecular formula is C17H18FN5OS. The number of hydrogen-bond acceptors (Lipinski definition) is 4. The molecule has 0 spiro atoms. The summed E-state index contributed by atoms with van der Waals surface area (Å²) in [5, 5.41) is 7.66. The minimum Gasteiger partial charge on any atom is -0.333 e. The van der Waals surface area contributed by atoms with Crippen LogP contribution in [0.15, 0.2) is 47.9 Å². The van der Waals surface area contributed by atoms with Gasteiger partial charge in [-0.1, -0.05) is 11.8 Å². The molecule has 8 heteroatoms. The third kappa shape index (κ3) is 4.27. The lowest BCUT2D eigenvalue weighted by molar-refractivity contribution is -0.113. The summed E-state index contributed by atoms with van der Waals surface area (Å²) in [5.74, 6) is 0.481. The molecule has 1 aromatic carbocycles. The number of benzene rings is 1. The summed E-state index contributed by atoms with van der Waals surface area (Å²) in [4.78, 5) is 19.5. The van der Waals surface area contributed by atoms with Gasteiger partial charge in [-0.15, -0.1) is 0 Å². The maximum absolute atomic E-state index is 13.0. The normalized spacial score (nSPS) is 11.0. The number of H-pyrrole nitrogens is 1. The molecule has 0 saturated heterocycles. The standard InChI is InChI=1S/C17H18FN5OS/c1-11(2)23-15(7-8-20-23)22-16(24)10-25-17-19-9-14(21-17)12-3-5-13(18)6-4-12/h3-9,11H,10H2,1-2H3,(H,19,21)(H,22,24). The van der Waals surface area contributed by atoms with E-state index in [2.05, 4.69) is 20.4 Å². The number of aromatic nitrogens is 4. The van der Waals surface area contributed by atoms with E-state index in [4.69, 9.17) is 0 Å². The monoisotopic (exact) mass is 359 g/mol. The average molecular weight is 359 g/mol. The van der Waals surface area contributed by atoms with Crippen molar-refractivity contribution in [2.24, 2.45) is 0 Å². The molecule has 1 amide bonds. The molecule has 25 heavy (non-hydrogen) atoms. The first-order chi connectivity index (χ1) is 12.0. The molecule has 2 aromatic heterocycles. The zero-order valence-electron chi connectivity index (χ0n) is 13.9. The smallest absolute Gasteiger partial charge is 0.235 e. The summed E-state index contributed by atoms with van der Waals surface area (Å²) in [6.07, 6.45) is 3.32. The van der Waals surface area contributed by atoms with E-state index in [1.54, 1.807) is 35.3 Å². The van der Waals surface area contributed by atoms with E-state index >= 15 is 0 Å². The van der Waals surface area contributed by atoms with Crippen molar-refractivity contribution in [3.05, 3.63) is 48.5 Å². The first-order valence-electron chi connectivity index (χ1n) is 7.80. The largest absolute Gasteiger partial charge is 0.333 e. The first kappa shape index (κ1) is 17.2. The maximum atomic E-state index is 13.0. The molecule has 0 aliphatic heterocycles. The summed E-state index contributed by atoms with van der Waals surface area (Å²) in [6, 6.07) is 8.08.